The van der Waals surface area contributed by atoms with E-state index in [2.05, 4.69) is 5.10 Å². The Morgan fingerprint density at radius 1 is 1.32 bits per heavy atom. The van der Waals surface area contributed by atoms with Crippen LogP contribution in [0, 0.1) is 6.92 Å². The number of benzene rings is 1. The molecule has 0 atom stereocenters. The fourth-order valence-electron chi connectivity index (χ4n) is 2.03. The molecule has 4 heteroatoms. The maximum Gasteiger partial charge on any atom is 0.214 e. The first-order valence-electron chi connectivity index (χ1n) is 6.27. The third-order valence-corrected chi connectivity index (χ3v) is 2.99. The number of hydrogen-bond donors (Lipinski definition) is 0. The summed E-state index contributed by atoms with van der Waals surface area (Å²) in [6.07, 6.45) is 1.65. The fraction of sp³-hybridized carbons (Fsp3) is 0.333. The molecule has 0 unspecified atom stereocenters. The maximum atomic E-state index is 12.6. The molecule has 0 radical (unpaired) electrons. The largest absolute Gasteiger partial charge is 0.496 e. The van der Waals surface area contributed by atoms with Crippen molar-refractivity contribution in [3.63, 3.8) is 0 Å². The summed E-state index contributed by atoms with van der Waals surface area (Å²) in [5.41, 5.74) is 2.21. The van der Waals surface area contributed by atoms with Crippen molar-refractivity contribution in [2.45, 2.75) is 26.8 Å². The van der Waals surface area contributed by atoms with Crippen molar-refractivity contribution in [3.8, 4) is 5.75 Å². The topological polar surface area (TPSA) is 44.1 Å². The average molecular weight is 258 g/mol. The lowest BCUT2D eigenvalue weighted by Gasteiger charge is -2.12. The van der Waals surface area contributed by atoms with Gasteiger partial charge in [0.05, 0.1) is 12.7 Å². The van der Waals surface area contributed by atoms with E-state index >= 15 is 0 Å². The predicted octanol–water partition coefficient (Wildman–Crippen LogP) is 3.01. The van der Waals surface area contributed by atoms with Gasteiger partial charge in [0.1, 0.15) is 11.4 Å². The highest BCUT2D eigenvalue weighted by Crippen LogP contribution is 2.23. The van der Waals surface area contributed by atoms with Gasteiger partial charge in [-0.1, -0.05) is 6.07 Å². The molecule has 0 aliphatic rings. The number of rotatable bonds is 4. The summed E-state index contributed by atoms with van der Waals surface area (Å²) in [5, 5.41) is 4.19. The Kier molecular flexibility index (Phi) is 3.69. The van der Waals surface area contributed by atoms with E-state index < -0.39 is 0 Å². The van der Waals surface area contributed by atoms with Gasteiger partial charge < -0.3 is 4.74 Å². The van der Waals surface area contributed by atoms with Crippen molar-refractivity contribution in [1.29, 1.82) is 0 Å². The Hall–Kier alpha value is -2.10. The first-order valence-corrected chi connectivity index (χ1v) is 6.27. The standard InChI is InChI=1S/C15H18N2O2/c1-10(2)17-13(7-8-16-17)15(18)12-6-5-11(3)9-14(12)19-4/h5-10H,1-4H3. The molecule has 0 aliphatic heterocycles. The Balaban J connectivity index is 2.47. The number of methoxy groups -OCH3 is 1. The van der Waals surface area contributed by atoms with E-state index in [1.165, 1.54) is 0 Å². The number of carbonyl (C=O) groups excluding carboxylic acids is 1. The number of ketones is 1. The van der Waals surface area contributed by atoms with E-state index in [9.17, 15) is 4.79 Å². The van der Waals surface area contributed by atoms with Gasteiger partial charge in [-0.15, -0.1) is 0 Å². The summed E-state index contributed by atoms with van der Waals surface area (Å²) in [4.78, 5) is 12.6. The van der Waals surface area contributed by atoms with Gasteiger partial charge in [-0.3, -0.25) is 9.48 Å². The summed E-state index contributed by atoms with van der Waals surface area (Å²) in [6, 6.07) is 7.45. The van der Waals surface area contributed by atoms with E-state index in [0.29, 0.717) is 17.0 Å². The zero-order valence-corrected chi connectivity index (χ0v) is 11.7. The SMILES string of the molecule is COc1cc(C)ccc1C(=O)c1ccnn1C(C)C. The third kappa shape index (κ3) is 2.52. The van der Waals surface area contributed by atoms with E-state index in [-0.39, 0.29) is 11.8 Å². The van der Waals surface area contributed by atoms with Crippen LogP contribution in [-0.4, -0.2) is 22.7 Å². The van der Waals surface area contributed by atoms with Gasteiger partial charge in [-0.25, -0.2) is 0 Å². The van der Waals surface area contributed by atoms with Gasteiger partial charge in [0.2, 0.25) is 5.78 Å². The molecule has 2 rings (SSSR count). The van der Waals surface area contributed by atoms with Crippen LogP contribution in [0.2, 0.25) is 0 Å². The van der Waals surface area contributed by atoms with Crippen molar-refractivity contribution in [2.75, 3.05) is 7.11 Å². The van der Waals surface area contributed by atoms with Gasteiger partial charge in [0.25, 0.3) is 0 Å². The van der Waals surface area contributed by atoms with Crippen LogP contribution in [0.1, 0.15) is 41.5 Å². The highest BCUT2D eigenvalue weighted by atomic mass is 16.5. The zero-order chi connectivity index (χ0) is 14.0. The normalized spacial score (nSPS) is 10.8. The van der Waals surface area contributed by atoms with Gasteiger partial charge >= 0.3 is 0 Å². The first-order chi connectivity index (χ1) is 9.04. The molecule has 0 aliphatic carbocycles. The van der Waals surface area contributed by atoms with Gasteiger partial charge in [0, 0.05) is 12.2 Å². The highest BCUT2D eigenvalue weighted by Gasteiger charge is 2.19. The van der Waals surface area contributed by atoms with Crippen molar-refractivity contribution >= 4 is 5.78 Å². The molecule has 19 heavy (non-hydrogen) atoms. The van der Waals surface area contributed by atoms with Crippen molar-refractivity contribution in [3.05, 3.63) is 47.3 Å². The Morgan fingerprint density at radius 3 is 2.68 bits per heavy atom. The van der Waals surface area contributed by atoms with Crippen LogP contribution in [-0.2, 0) is 0 Å². The molecule has 0 saturated heterocycles. The second kappa shape index (κ2) is 5.26. The smallest absolute Gasteiger partial charge is 0.214 e. The van der Waals surface area contributed by atoms with Crippen LogP contribution in [0.25, 0.3) is 0 Å². The van der Waals surface area contributed by atoms with Crippen LogP contribution in [0.3, 0.4) is 0 Å². The number of ether oxygens (including phenoxy) is 1. The van der Waals surface area contributed by atoms with E-state index in [1.807, 2.05) is 32.9 Å². The molecule has 0 fully saturated rings. The predicted molar refractivity (Wildman–Crippen MR) is 73.8 cm³/mol. The lowest BCUT2D eigenvalue weighted by Crippen LogP contribution is -2.14. The Morgan fingerprint density at radius 2 is 2.05 bits per heavy atom. The summed E-state index contributed by atoms with van der Waals surface area (Å²) in [7, 11) is 1.57. The monoisotopic (exact) mass is 258 g/mol. The molecule has 0 saturated carbocycles. The minimum absolute atomic E-state index is 0.0666. The minimum Gasteiger partial charge on any atom is -0.496 e. The van der Waals surface area contributed by atoms with Crippen LogP contribution in [0.4, 0.5) is 0 Å². The zero-order valence-electron chi connectivity index (χ0n) is 11.7. The quantitative estimate of drug-likeness (QED) is 0.792. The van der Waals surface area contributed by atoms with E-state index in [4.69, 9.17) is 4.74 Å². The molecule has 100 valence electrons. The Labute approximate surface area is 113 Å². The highest BCUT2D eigenvalue weighted by molar-refractivity contribution is 6.09. The summed E-state index contributed by atoms with van der Waals surface area (Å²) >= 11 is 0. The van der Waals surface area contributed by atoms with Crippen LogP contribution >= 0.6 is 0 Å². The molecule has 0 bridgehead atoms. The van der Waals surface area contributed by atoms with Gasteiger partial charge in [0.15, 0.2) is 0 Å². The molecular weight excluding hydrogens is 240 g/mol. The number of aryl methyl sites for hydroxylation is 1. The minimum atomic E-state index is -0.0666. The molecule has 0 N–H and O–H groups in total. The lowest BCUT2D eigenvalue weighted by molar-refractivity contribution is 0.102. The van der Waals surface area contributed by atoms with Crippen molar-refractivity contribution < 1.29 is 9.53 Å². The number of nitrogens with zero attached hydrogens (tertiary/aromatic N) is 2. The van der Waals surface area contributed by atoms with E-state index in [0.717, 1.165) is 5.56 Å². The summed E-state index contributed by atoms with van der Waals surface area (Å²) in [6.45, 7) is 5.96. The summed E-state index contributed by atoms with van der Waals surface area (Å²) in [5.74, 6) is 0.532. The van der Waals surface area contributed by atoms with Crippen LogP contribution in [0.15, 0.2) is 30.5 Å². The lowest BCUT2D eigenvalue weighted by atomic mass is 10.0. The molecule has 2 aromatic rings. The molecule has 0 amide bonds. The fourth-order valence-corrected chi connectivity index (χ4v) is 2.03. The molecule has 4 nitrogen and oxygen atoms in total. The molecular formula is C15H18N2O2. The maximum absolute atomic E-state index is 12.6. The molecule has 1 aromatic heterocycles. The number of aromatic nitrogens is 2. The van der Waals surface area contributed by atoms with Crippen molar-refractivity contribution in [2.24, 2.45) is 0 Å². The van der Waals surface area contributed by atoms with Gasteiger partial charge in [-0.05, 0) is 44.5 Å². The third-order valence-electron chi connectivity index (χ3n) is 2.99. The summed E-state index contributed by atoms with van der Waals surface area (Å²) < 4.78 is 7.02. The number of hydrogen-bond acceptors (Lipinski definition) is 3. The van der Waals surface area contributed by atoms with Crippen LogP contribution < -0.4 is 4.74 Å². The molecule has 1 heterocycles. The first kappa shape index (κ1) is 13.3. The van der Waals surface area contributed by atoms with Gasteiger partial charge in [-0.2, -0.15) is 5.10 Å². The second-order valence-corrected chi connectivity index (χ2v) is 4.79. The van der Waals surface area contributed by atoms with E-state index in [1.54, 1.807) is 30.1 Å². The van der Waals surface area contributed by atoms with Crippen molar-refractivity contribution in [1.82, 2.24) is 9.78 Å². The molecule has 0 spiro atoms. The molecule has 1 aromatic carbocycles. The second-order valence-electron chi connectivity index (χ2n) is 4.79. The average Bonchev–Trinajstić information content (AvgIpc) is 2.87. The van der Waals surface area contributed by atoms with Crippen LogP contribution in [0.5, 0.6) is 5.75 Å². The number of carbonyl (C=O) groups is 1. The Bertz CT molecular complexity index is 600.